The fourth-order valence-electron chi connectivity index (χ4n) is 3.68. The molecule has 0 saturated carbocycles. The van der Waals surface area contributed by atoms with Crippen molar-refractivity contribution < 1.29 is 14.3 Å². The highest BCUT2D eigenvalue weighted by Crippen LogP contribution is 2.38. The summed E-state index contributed by atoms with van der Waals surface area (Å²) in [7, 11) is 0. The van der Waals surface area contributed by atoms with Crippen molar-refractivity contribution in [1.82, 2.24) is 16.1 Å². The average Bonchev–Trinajstić information content (AvgIpc) is 3.10. The van der Waals surface area contributed by atoms with Crippen LogP contribution in [0.5, 0.6) is 0 Å². The Kier molecular flexibility index (Phi) is 12.1. The molecule has 8 nitrogen and oxygen atoms in total. The number of unbranched alkanes of at least 4 members (excludes halogenated alkanes) is 1. The van der Waals surface area contributed by atoms with Gasteiger partial charge >= 0.3 is 0 Å². The Labute approximate surface area is 190 Å². The number of rotatable bonds is 15. The van der Waals surface area contributed by atoms with Crippen LogP contribution < -0.4 is 27.2 Å². The minimum atomic E-state index is -0.0692. The zero-order valence-corrected chi connectivity index (χ0v) is 19.8. The van der Waals surface area contributed by atoms with Gasteiger partial charge in [0, 0.05) is 37.0 Å². The fraction of sp³-hybridized carbons (Fsp3) is 0.727. The average molecular weight is 454 g/mol. The smallest absolute Gasteiger partial charge is 0.254 e. The molecule has 31 heavy (non-hydrogen) atoms. The summed E-state index contributed by atoms with van der Waals surface area (Å²) < 4.78 is 5.50. The zero-order chi connectivity index (χ0) is 22.5. The molecule has 0 saturated heterocycles. The van der Waals surface area contributed by atoms with Gasteiger partial charge in [-0.15, -0.1) is 11.3 Å². The molecular formula is C22H39N5O3S. The van der Waals surface area contributed by atoms with Crippen molar-refractivity contribution in [2.24, 2.45) is 5.84 Å². The number of carbonyl (C=O) groups excluding carboxylic acids is 2. The maximum Gasteiger partial charge on any atom is 0.254 e. The molecule has 2 amide bonds. The highest BCUT2D eigenvalue weighted by Gasteiger charge is 2.29. The molecule has 1 heterocycles. The van der Waals surface area contributed by atoms with Crippen molar-refractivity contribution >= 4 is 28.2 Å². The van der Waals surface area contributed by atoms with Crippen molar-refractivity contribution in [3.63, 3.8) is 0 Å². The molecule has 9 heteroatoms. The topological polar surface area (TPSA) is 118 Å². The lowest BCUT2D eigenvalue weighted by molar-refractivity contribution is -0.116. The molecule has 1 aromatic heterocycles. The molecule has 0 aromatic carbocycles. The van der Waals surface area contributed by atoms with E-state index in [0.717, 1.165) is 57.1 Å². The first kappa shape index (κ1) is 25.7. The Balaban J connectivity index is 2.00. The summed E-state index contributed by atoms with van der Waals surface area (Å²) in [5.74, 6) is 5.13. The van der Waals surface area contributed by atoms with Gasteiger partial charge in [-0.3, -0.25) is 20.9 Å². The van der Waals surface area contributed by atoms with Crippen LogP contribution in [-0.4, -0.2) is 50.7 Å². The lowest BCUT2D eigenvalue weighted by atomic mass is 9.91. The predicted octanol–water partition coefficient (Wildman–Crippen LogP) is 2.33. The maximum atomic E-state index is 13.0. The molecule has 2 rings (SSSR count). The Bertz CT molecular complexity index is 695. The van der Waals surface area contributed by atoms with E-state index in [4.69, 9.17) is 10.6 Å². The summed E-state index contributed by atoms with van der Waals surface area (Å²) in [4.78, 5) is 26.4. The van der Waals surface area contributed by atoms with Crippen molar-refractivity contribution in [3.8, 4) is 0 Å². The molecule has 6 N–H and O–H groups in total. The molecule has 0 aliphatic heterocycles. The van der Waals surface area contributed by atoms with Crippen molar-refractivity contribution in [1.29, 1.82) is 0 Å². The molecule has 0 fully saturated rings. The van der Waals surface area contributed by atoms with Gasteiger partial charge in [0.05, 0.1) is 12.2 Å². The van der Waals surface area contributed by atoms with Gasteiger partial charge in [0.15, 0.2) is 0 Å². The van der Waals surface area contributed by atoms with Crippen molar-refractivity contribution in [2.75, 3.05) is 38.2 Å². The van der Waals surface area contributed by atoms with E-state index in [1.165, 1.54) is 4.88 Å². The van der Waals surface area contributed by atoms with Gasteiger partial charge in [-0.1, -0.05) is 20.3 Å². The van der Waals surface area contributed by atoms with Gasteiger partial charge in [-0.2, -0.15) is 0 Å². The Morgan fingerprint density at radius 2 is 1.97 bits per heavy atom. The number of carbonyl (C=O) groups is 2. The van der Waals surface area contributed by atoms with Crippen LogP contribution in [0.3, 0.4) is 0 Å². The van der Waals surface area contributed by atoms with Gasteiger partial charge in [-0.05, 0) is 50.6 Å². The van der Waals surface area contributed by atoms with E-state index in [9.17, 15) is 9.59 Å². The molecule has 1 atom stereocenters. The molecule has 0 bridgehead atoms. The quantitative estimate of drug-likeness (QED) is 0.158. The van der Waals surface area contributed by atoms with E-state index in [1.54, 1.807) is 11.3 Å². The molecule has 1 unspecified atom stereocenters. The monoisotopic (exact) mass is 453 g/mol. The number of hydrogen-bond donors (Lipinski definition) is 5. The molecule has 1 aliphatic rings. The summed E-state index contributed by atoms with van der Waals surface area (Å²) in [6.07, 6.45) is 6.92. The van der Waals surface area contributed by atoms with Crippen LogP contribution in [0.4, 0.5) is 5.00 Å². The van der Waals surface area contributed by atoms with E-state index in [1.807, 2.05) is 6.92 Å². The minimum absolute atomic E-state index is 0.0248. The molecule has 176 valence electrons. The lowest BCUT2D eigenvalue weighted by Gasteiger charge is -2.24. The van der Waals surface area contributed by atoms with Crippen LogP contribution in [0, 0.1) is 0 Å². The SMILES string of the molecule is CCCCNC(=O)c1c(NC(=O)CCC)sc2c1CC(NCCCOCCNN)CC2. The number of thiophene rings is 1. The Morgan fingerprint density at radius 1 is 1.13 bits per heavy atom. The van der Waals surface area contributed by atoms with Crippen LogP contribution in [-0.2, 0) is 22.4 Å². The van der Waals surface area contributed by atoms with Crippen molar-refractivity contribution in [3.05, 3.63) is 16.0 Å². The number of nitrogens with one attached hydrogen (secondary N) is 4. The largest absolute Gasteiger partial charge is 0.380 e. The van der Waals surface area contributed by atoms with Crippen LogP contribution >= 0.6 is 11.3 Å². The number of aryl methyl sites for hydroxylation is 1. The van der Waals surface area contributed by atoms with Gasteiger partial charge in [0.25, 0.3) is 5.91 Å². The lowest BCUT2D eigenvalue weighted by Crippen LogP contribution is -2.36. The summed E-state index contributed by atoms with van der Waals surface area (Å²) in [6.45, 7) is 7.57. The number of hydrazine groups is 1. The van der Waals surface area contributed by atoms with Crippen LogP contribution in [0.2, 0.25) is 0 Å². The van der Waals surface area contributed by atoms with E-state index < -0.39 is 0 Å². The predicted molar refractivity (Wildman–Crippen MR) is 127 cm³/mol. The number of anilines is 1. The molecule has 1 aliphatic carbocycles. The molecule has 1 aromatic rings. The molecule has 0 spiro atoms. The Hall–Kier alpha value is -1.52. The van der Waals surface area contributed by atoms with E-state index >= 15 is 0 Å². The highest BCUT2D eigenvalue weighted by atomic mass is 32.1. The number of hydrogen-bond acceptors (Lipinski definition) is 7. The number of fused-ring (bicyclic) bond motifs is 1. The Morgan fingerprint density at radius 3 is 2.71 bits per heavy atom. The number of amides is 2. The number of nitrogens with two attached hydrogens (primary N) is 1. The second-order valence-corrected chi connectivity index (χ2v) is 9.03. The fourth-order valence-corrected chi connectivity index (χ4v) is 4.94. The first-order chi connectivity index (χ1) is 15.1. The van der Waals surface area contributed by atoms with Crippen LogP contribution in [0.25, 0.3) is 0 Å². The standard InChI is InChI=1S/C22H39N5O3S/c1-3-5-10-25-21(29)20-17-15-16(24-11-6-13-30-14-12-26-23)8-9-18(17)31-22(20)27-19(28)7-4-2/h16,24,26H,3-15,23H2,1-2H3,(H,25,29)(H,27,28). The summed E-state index contributed by atoms with van der Waals surface area (Å²) in [5, 5.41) is 10.4. The third-order valence-electron chi connectivity index (χ3n) is 5.32. The second kappa shape index (κ2) is 14.5. The van der Waals surface area contributed by atoms with Crippen molar-refractivity contribution in [2.45, 2.75) is 71.3 Å². The third kappa shape index (κ3) is 8.50. The van der Waals surface area contributed by atoms with Crippen LogP contribution in [0.15, 0.2) is 0 Å². The first-order valence-corrected chi connectivity index (χ1v) is 12.4. The molecular weight excluding hydrogens is 414 g/mol. The minimum Gasteiger partial charge on any atom is -0.380 e. The van der Waals surface area contributed by atoms with Gasteiger partial charge in [0.1, 0.15) is 5.00 Å². The summed E-state index contributed by atoms with van der Waals surface area (Å²) in [5.41, 5.74) is 4.34. The first-order valence-electron chi connectivity index (χ1n) is 11.6. The third-order valence-corrected chi connectivity index (χ3v) is 6.53. The normalized spacial score (nSPS) is 15.5. The molecule has 0 radical (unpaired) electrons. The van der Waals surface area contributed by atoms with E-state index in [2.05, 4.69) is 28.3 Å². The second-order valence-electron chi connectivity index (χ2n) is 7.93. The van der Waals surface area contributed by atoms with Gasteiger partial charge in [0.2, 0.25) is 5.91 Å². The summed E-state index contributed by atoms with van der Waals surface area (Å²) >= 11 is 1.57. The summed E-state index contributed by atoms with van der Waals surface area (Å²) in [6, 6.07) is 0.328. The van der Waals surface area contributed by atoms with E-state index in [0.29, 0.717) is 49.3 Å². The highest BCUT2D eigenvalue weighted by molar-refractivity contribution is 7.17. The number of ether oxygens (including phenoxy) is 1. The van der Waals surface area contributed by atoms with Gasteiger partial charge in [-0.25, -0.2) is 0 Å². The van der Waals surface area contributed by atoms with Crippen LogP contribution in [0.1, 0.15) is 73.2 Å². The maximum absolute atomic E-state index is 13.0. The van der Waals surface area contributed by atoms with E-state index in [-0.39, 0.29) is 11.8 Å². The van der Waals surface area contributed by atoms with Gasteiger partial charge < -0.3 is 20.7 Å². The zero-order valence-electron chi connectivity index (χ0n) is 19.0.